The summed E-state index contributed by atoms with van der Waals surface area (Å²) in [5, 5.41) is 13.0. The molecule has 0 saturated carbocycles. The standard InChI is InChI=1S/C24H29ClN8O3S2/c1-14-30-33-20-15(29-23(33)37-14)6-9-32(21(20)16-11-27-22(38-16)31(2)3)19(34)13-36-17-5-4-7-28-24(17,25)18-12-26-8-10-35-18/h4-5,7,11,18,21,26,28H,6,8-10,12-13H2,1-3H3. The number of halogens is 1. The second-order valence-electron chi connectivity index (χ2n) is 9.54. The third kappa shape index (κ3) is 4.45. The number of alkyl halides is 1. The summed E-state index contributed by atoms with van der Waals surface area (Å²) >= 11 is 10.1. The van der Waals surface area contributed by atoms with E-state index in [1.807, 2.05) is 41.5 Å². The van der Waals surface area contributed by atoms with E-state index in [0.717, 1.165) is 37.9 Å². The van der Waals surface area contributed by atoms with Gasteiger partial charge in [0.05, 0.1) is 22.9 Å². The number of hydrogen-bond acceptors (Lipinski definition) is 11. The lowest BCUT2D eigenvalue weighted by Crippen LogP contribution is -2.58. The Hall–Kier alpha value is -2.71. The highest BCUT2D eigenvalue weighted by molar-refractivity contribution is 7.16. The van der Waals surface area contributed by atoms with E-state index < -0.39 is 5.00 Å². The van der Waals surface area contributed by atoms with Crippen LogP contribution in [0.4, 0.5) is 5.13 Å². The van der Waals surface area contributed by atoms with Crippen molar-refractivity contribution in [1.29, 1.82) is 0 Å². The Kier molecular flexibility index (Phi) is 6.80. The number of ether oxygens (including phenoxy) is 2. The van der Waals surface area contributed by atoms with Crippen molar-refractivity contribution in [3.63, 3.8) is 0 Å². The maximum absolute atomic E-state index is 13.8. The molecule has 6 heterocycles. The molecule has 6 rings (SSSR count). The van der Waals surface area contributed by atoms with Crippen LogP contribution in [0.5, 0.6) is 0 Å². The first-order valence-corrected chi connectivity index (χ1v) is 14.4. The zero-order valence-electron chi connectivity index (χ0n) is 21.3. The Morgan fingerprint density at radius 2 is 2.26 bits per heavy atom. The molecule has 3 unspecified atom stereocenters. The third-order valence-electron chi connectivity index (χ3n) is 6.78. The first-order chi connectivity index (χ1) is 18.3. The van der Waals surface area contributed by atoms with Crippen LogP contribution in [-0.4, -0.2) is 88.4 Å². The number of anilines is 1. The maximum Gasteiger partial charge on any atom is 0.261 e. The van der Waals surface area contributed by atoms with E-state index in [1.54, 1.807) is 41.0 Å². The predicted octanol–water partition coefficient (Wildman–Crippen LogP) is 2.04. The van der Waals surface area contributed by atoms with Crippen LogP contribution < -0.4 is 15.5 Å². The number of dihydropyridines is 1. The van der Waals surface area contributed by atoms with Gasteiger partial charge in [-0.05, 0) is 25.3 Å². The number of thiazole rings is 1. The highest BCUT2D eigenvalue weighted by Gasteiger charge is 2.45. The van der Waals surface area contributed by atoms with Crippen molar-refractivity contribution in [1.82, 2.24) is 35.1 Å². The Balaban J connectivity index is 1.29. The summed E-state index contributed by atoms with van der Waals surface area (Å²) in [6, 6.07) is -0.373. The number of allylic oxidation sites excluding steroid dienone is 2. The number of hydrogen-bond donors (Lipinski definition) is 2. The molecule has 3 aliphatic rings. The van der Waals surface area contributed by atoms with Crippen molar-refractivity contribution in [2.45, 2.75) is 30.5 Å². The molecular weight excluding hydrogens is 548 g/mol. The lowest BCUT2D eigenvalue weighted by molar-refractivity contribution is -0.137. The fourth-order valence-corrected chi connectivity index (χ4v) is 7.02. The van der Waals surface area contributed by atoms with Crippen molar-refractivity contribution in [2.24, 2.45) is 0 Å². The van der Waals surface area contributed by atoms with Crippen LogP contribution in [0.25, 0.3) is 4.96 Å². The topological polar surface area (TPSA) is 109 Å². The van der Waals surface area contributed by atoms with Crippen LogP contribution in [0.3, 0.4) is 0 Å². The van der Waals surface area contributed by atoms with Crippen molar-refractivity contribution >= 4 is 50.3 Å². The van der Waals surface area contributed by atoms with Crippen molar-refractivity contribution < 1.29 is 14.3 Å². The van der Waals surface area contributed by atoms with Gasteiger partial charge in [-0.2, -0.15) is 5.10 Å². The van der Waals surface area contributed by atoms with Gasteiger partial charge < -0.3 is 29.9 Å². The van der Waals surface area contributed by atoms with E-state index in [4.69, 9.17) is 31.2 Å². The number of carbonyl (C=O) groups excluding carboxylic acids is 1. The number of nitrogens with zero attached hydrogens (tertiary/aromatic N) is 6. The van der Waals surface area contributed by atoms with Crippen molar-refractivity contribution in [2.75, 3.05) is 51.8 Å². The number of aryl methyl sites for hydroxylation is 1. The van der Waals surface area contributed by atoms with Gasteiger partial charge in [0, 0.05) is 46.3 Å². The fraction of sp³-hybridized carbons (Fsp3) is 0.500. The second-order valence-corrected chi connectivity index (χ2v) is 12.3. The van der Waals surface area contributed by atoms with E-state index in [2.05, 4.69) is 15.6 Å². The second kappa shape index (κ2) is 10.1. The average molecular weight is 577 g/mol. The molecule has 1 amide bonds. The first kappa shape index (κ1) is 25.6. The van der Waals surface area contributed by atoms with Crippen LogP contribution in [0.2, 0.25) is 0 Å². The lowest BCUT2D eigenvalue weighted by Gasteiger charge is -2.40. The minimum absolute atomic E-state index is 0.153. The number of nitrogens with one attached hydrogen (secondary N) is 2. The summed E-state index contributed by atoms with van der Waals surface area (Å²) in [7, 11) is 3.91. The number of morpholine rings is 1. The predicted molar refractivity (Wildman–Crippen MR) is 147 cm³/mol. The molecule has 0 aliphatic carbocycles. The molecule has 0 radical (unpaired) electrons. The molecule has 0 bridgehead atoms. The fourth-order valence-electron chi connectivity index (χ4n) is 4.97. The zero-order chi connectivity index (χ0) is 26.4. The van der Waals surface area contributed by atoms with E-state index in [0.29, 0.717) is 31.9 Å². The maximum atomic E-state index is 13.8. The van der Waals surface area contributed by atoms with Gasteiger partial charge in [-0.25, -0.2) is 14.5 Å². The van der Waals surface area contributed by atoms with Gasteiger partial charge in [0.25, 0.3) is 5.91 Å². The Labute approximate surface area is 233 Å². The summed E-state index contributed by atoms with van der Waals surface area (Å²) in [5.41, 5.74) is 1.87. The summed E-state index contributed by atoms with van der Waals surface area (Å²) in [6.45, 7) is 4.19. The molecule has 3 aromatic heterocycles. The Morgan fingerprint density at radius 3 is 3.03 bits per heavy atom. The van der Waals surface area contributed by atoms with Gasteiger partial charge >= 0.3 is 0 Å². The van der Waals surface area contributed by atoms with E-state index in [1.165, 1.54) is 0 Å². The van der Waals surface area contributed by atoms with Crippen LogP contribution in [-0.2, 0) is 20.7 Å². The molecule has 0 spiro atoms. The number of fused-ring (bicyclic) bond motifs is 3. The molecule has 202 valence electrons. The highest BCUT2D eigenvalue weighted by atomic mass is 35.5. The zero-order valence-corrected chi connectivity index (χ0v) is 23.7. The highest BCUT2D eigenvalue weighted by Crippen LogP contribution is 2.40. The van der Waals surface area contributed by atoms with E-state index in [-0.39, 0.29) is 24.7 Å². The van der Waals surface area contributed by atoms with Gasteiger partial charge in [-0.3, -0.25) is 4.79 Å². The first-order valence-electron chi connectivity index (χ1n) is 12.4. The molecule has 2 N–H and O–H groups in total. The van der Waals surface area contributed by atoms with Crippen molar-refractivity contribution in [3.8, 4) is 0 Å². The number of rotatable bonds is 6. The van der Waals surface area contributed by atoms with Crippen LogP contribution in [0, 0.1) is 6.92 Å². The number of amides is 1. The third-order valence-corrected chi connectivity index (χ3v) is 9.36. The van der Waals surface area contributed by atoms with Crippen molar-refractivity contribution in [3.05, 3.63) is 51.6 Å². The summed E-state index contributed by atoms with van der Waals surface area (Å²) in [5.74, 6) is 0.298. The van der Waals surface area contributed by atoms with Crippen LogP contribution >= 0.6 is 34.3 Å². The van der Waals surface area contributed by atoms with E-state index >= 15 is 0 Å². The minimum Gasteiger partial charge on any atom is -0.484 e. The average Bonchev–Trinajstić information content (AvgIpc) is 3.62. The Bertz CT molecular complexity index is 1410. The largest absolute Gasteiger partial charge is 0.484 e. The number of imidazole rings is 1. The summed E-state index contributed by atoms with van der Waals surface area (Å²) < 4.78 is 13.9. The molecular formula is C24H29ClN8O3S2. The van der Waals surface area contributed by atoms with Gasteiger partial charge in [-0.15, -0.1) is 0 Å². The smallest absolute Gasteiger partial charge is 0.261 e. The summed E-state index contributed by atoms with van der Waals surface area (Å²) in [6.07, 6.45) is 7.47. The number of carbonyl (C=O) groups is 1. The summed E-state index contributed by atoms with van der Waals surface area (Å²) in [4.78, 5) is 27.7. The lowest BCUT2D eigenvalue weighted by atomic mass is 10.0. The molecule has 1 saturated heterocycles. The normalized spacial score (nSPS) is 25.2. The van der Waals surface area contributed by atoms with E-state index in [9.17, 15) is 4.79 Å². The molecule has 1 fully saturated rings. The van der Waals surface area contributed by atoms with Gasteiger partial charge in [0.2, 0.25) is 4.96 Å². The van der Waals surface area contributed by atoms with Crippen LogP contribution in [0.15, 0.2) is 30.3 Å². The van der Waals surface area contributed by atoms with Gasteiger partial charge in [0.1, 0.15) is 22.9 Å². The SMILES string of the molecule is Cc1nn2c3c(nc2s1)CCN(C(=O)COC1=CC=CNC1(Cl)C1CNCCO1)C3c1cnc(N(C)C)s1. The van der Waals surface area contributed by atoms with Crippen LogP contribution in [0.1, 0.15) is 27.3 Å². The molecule has 0 aromatic carbocycles. The quantitative estimate of drug-likeness (QED) is 0.336. The molecule has 3 aromatic rings. The molecule has 11 nitrogen and oxygen atoms in total. The monoisotopic (exact) mass is 576 g/mol. The molecule has 14 heteroatoms. The number of aromatic nitrogens is 4. The minimum atomic E-state index is -1.11. The molecule has 38 heavy (non-hydrogen) atoms. The molecule has 3 aliphatic heterocycles. The molecule has 3 atom stereocenters. The van der Waals surface area contributed by atoms with Gasteiger partial charge in [-0.1, -0.05) is 34.3 Å². The van der Waals surface area contributed by atoms with Gasteiger partial charge in [0.15, 0.2) is 16.7 Å². The Morgan fingerprint density at radius 1 is 1.39 bits per heavy atom.